The molecule has 1 saturated carbocycles. The highest BCUT2D eigenvalue weighted by molar-refractivity contribution is 5.79. The highest BCUT2D eigenvalue weighted by Crippen LogP contribution is 2.27. The summed E-state index contributed by atoms with van der Waals surface area (Å²) in [6.45, 7) is 4.51. The van der Waals surface area contributed by atoms with Crippen LogP contribution in [0.2, 0.25) is 0 Å². The highest BCUT2D eigenvalue weighted by atomic mass is 15.3. The summed E-state index contributed by atoms with van der Waals surface area (Å²) in [5.74, 6) is 2.57. The number of aliphatic imine (C=N–C) groups is 1. The number of guanidine groups is 1. The van der Waals surface area contributed by atoms with Crippen LogP contribution in [-0.2, 0) is 13.6 Å². The van der Waals surface area contributed by atoms with E-state index in [-0.39, 0.29) is 0 Å². The van der Waals surface area contributed by atoms with Crippen molar-refractivity contribution in [1.29, 1.82) is 0 Å². The van der Waals surface area contributed by atoms with Gasteiger partial charge in [-0.1, -0.05) is 0 Å². The molecule has 1 aliphatic carbocycles. The van der Waals surface area contributed by atoms with Crippen molar-refractivity contribution in [3.05, 3.63) is 12.2 Å². The van der Waals surface area contributed by atoms with E-state index in [2.05, 4.69) is 32.6 Å². The van der Waals surface area contributed by atoms with Crippen LogP contribution in [0.4, 0.5) is 0 Å². The molecule has 0 atom stereocenters. The summed E-state index contributed by atoms with van der Waals surface area (Å²) in [5.41, 5.74) is 0. The molecule has 94 valence electrons. The molecule has 1 fully saturated rings. The molecule has 0 aromatic carbocycles. The molecule has 0 saturated heterocycles. The molecular formula is C11H20N6. The van der Waals surface area contributed by atoms with Gasteiger partial charge >= 0.3 is 0 Å². The maximum absolute atomic E-state index is 4.49. The minimum atomic E-state index is 0.552. The van der Waals surface area contributed by atoms with Crippen LogP contribution in [-0.4, -0.2) is 33.8 Å². The summed E-state index contributed by atoms with van der Waals surface area (Å²) in [4.78, 5) is 8.63. The monoisotopic (exact) mass is 236 g/mol. The van der Waals surface area contributed by atoms with Gasteiger partial charge in [0.25, 0.3) is 0 Å². The first-order chi connectivity index (χ1) is 8.29. The summed E-state index contributed by atoms with van der Waals surface area (Å²) in [6, 6.07) is 0. The van der Waals surface area contributed by atoms with Gasteiger partial charge in [0.1, 0.15) is 18.7 Å². The molecule has 1 aromatic heterocycles. The van der Waals surface area contributed by atoms with Gasteiger partial charge in [-0.3, -0.25) is 4.68 Å². The lowest BCUT2D eigenvalue weighted by atomic mass is 10.4. The lowest BCUT2D eigenvalue weighted by Crippen LogP contribution is -2.38. The number of hydrogen-bond acceptors (Lipinski definition) is 3. The van der Waals surface area contributed by atoms with Crippen molar-refractivity contribution in [3.8, 4) is 0 Å². The van der Waals surface area contributed by atoms with Crippen molar-refractivity contribution >= 4 is 5.96 Å². The Bertz CT molecular complexity index is 379. The molecule has 0 bridgehead atoms. The van der Waals surface area contributed by atoms with Gasteiger partial charge in [-0.15, -0.1) is 0 Å². The largest absolute Gasteiger partial charge is 0.357 e. The summed E-state index contributed by atoms with van der Waals surface area (Å²) in [6.07, 6.45) is 4.24. The Balaban J connectivity index is 1.86. The van der Waals surface area contributed by atoms with E-state index in [0.29, 0.717) is 6.54 Å². The Morgan fingerprint density at radius 1 is 1.53 bits per heavy atom. The number of nitrogens with one attached hydrogen (secondary N) is 2. The second kappa shape index (κ2) is 5.65. The lowest BCUT2D eigenvalue weighted by Gasteiger charge is -2.10. The molecule has 1 aromatic rings. The molecule has 0 unspecified atom stereocenters. The molecule has 1 heterocycles. The maximum Gasteiger partial charge on any atom is 0.191 e. The van der Waals surface area contributed by atoms with E-state index < -0.39 is 0 Å². The zero-order valence-corrected chi connectivity index (χ0v) is 10.5. The predicted octanol–water partition coefficient (Wildman–Crippen LogP) is 0.280. The quantitative estimate of drug-likeness (QED) is 0.569. The van der Waals surface area contributed by atoms with Crippen LogP contribution in [0.5, 0.6) is 0 Å². The molecule has 0 aliphatic heterocycles. The van der Waals surface area contributed by atoms with Crippen LogP contribution in [0, 0.1) is 5.92 Å². The van der Waals surface area contributed by atoms with Gasteiger partial charge in [0.2, 0.25) is 0 Å². The van der Waals surface area contributed by atoms with Gasteiger partial charge in [0.05, 0.1) is 0 Å². The van der Waals surface area contributed by atoms with E-state index in [0.717, 1.165) is 30.8 Å². The maximum atomic E-state index is 4.49. The molecule has 0 spiro atoms. The third-order valence-corrected chi connectivity index (χ3v) is 2.78. The zero-order valence-electron chi connectivity index (χ0n) is 10.5. The average Bonchev–Trinajstić information content (AvgIpc) is 3.06. The normalized spacial score (nSPS) is 16.0. The Labute approximate surface area is 102 Å². The molecule has 6 heteroatoms. The third kappa shape index (κ3) is 3.72. The van der Waals surface area contributed by atoms with Crippen LogP contribution < -0.4 is 10.6 Å². The first kappa shape index (κ1) is 11.9. The molecule has 0 radical (unpaired) electrons. The van der Waals surface area contributed by atoms with Gasteiger partial charge in [-0.25, -0.2) is 9.98 Å². The van der Waals surface area contributed by atoms with Crippen LogP contribution >= 0.6 is 0 Å². The average molecular weight is 236 g/mol. The smallest absolute Gasteiger partial charge is 0.191 e. The molecule has 2 rings (SSSR count). The van der Waals surface area contributed by atoms with Crippen LogP contribution in [0.3, 0.4) is 0 Å². The molecule has 17 heavy (non-hydrogen) atoms. The second-order valence-electron chi connectivity index (χ2n) is 4.32. The van der Waals surface area contributed by atoms with Gasteiger partial charge in [-0.05, 0) is 25.7 Å². The Morgan fingerprint density at radius 3 is 2.94 bits per heavy atom. The lowest BCUT2D eigenvalue weighted by molar-refractivity contribution is 0.693. The first-order valence-electron chi connectivity index (χ1n) is 6.14. The zero-order chi connectivity index (χ0) is 12.1. The number of aryl methyl sites for hydroxylation is 1. The molecule has 0 amide bonds. The van der Waals surface area contributed by atoms with E-state index in [1.165, 1.54) is 12.8 Å². The van der Waals surface area contributed by atoms with E-state index in [1.807, 2.05) is 7.05 Å². The topological polar surface area (TPSA) is 67.1 Å². The van der Waals surface area contributed by atoms with Gasteiger partial charge < -0.3 is 10.6 Å². The summed E-state index contributed by atoms with van der Waals surface area (Å²) >= 11 is 0. The van der Waals surface area contributed by atoms with E-state index >= 15 is 0 Å². The first-order valence-corrected chi connectivity index (χ1v) is 6.14. The number of hydrogen-bond donors (Lipinski definition) is 2. The van der Waals surface area contributed by atoms with Crippen molar-refractivity contribution in [3.63, 3.8) is 0 Å². The van der Waals surface area contributed by atoms with Crippen molar-refractivity contribution in [1.82, 2.24) is 25.4 Å². The SMILES string of the molecule is CCNC(=NCc1ncnn1C)NCC1CC1. The fourth-order valence-electron chi connectivity index (χ4n) is 1.52. The van der Waals surface area contributed by atoms with Crippen LogP contribution in [0.15, 0.2) is 11.3 Å². The van der Waals surface area contributed by atoms with Crippen LogP contribution in [0.1, 0.15) is 25.6 Å². The number of aromatic nitrogens is 3. The summed E-state index contributed by atoms with van der Waals surface area (Å²) in [7, 11) is 1.88. The fourth-order valence-corrected chi connectivity index (χ4v) is 1.52. The minimum absolute atomic E-state index is 0.552. The standard InChI is InChI=1S/C11H20N6/c1-3-12-11(13-6-9-4-5-9)14-7-10-15-8-16-17(10)2/h8-9H,3-7H2,1-2H3,(H2,12,13,14). The van der Waals surface area contributed by atoms with Gasteiger partial charge in [0.15, 0.2) is 5.96 Å². The highest BCUT2D eigenvalue weighted by Gasteiger charge is 2.21. The summed E-state index contributed by atoms with van der Waals surface area (Å²) < 4.78 is 1.74. The van der Waals surface area contributed by atoms with Gasteiger partial charge in [0, 0.05) is 20.1 Å². The van der Waals surface area contributed by atoms with Crippen LogP contribution in [0.25, 0.3) is 0 Å². The van der Waals surface area contributed by atoms with E-state index in [1.54, 1.807) is 11.0 Å². The fraction of sp³-hybridized carbons (Fsp3) is 0.727. The van der Waals surface area contributed by atoms with E-state index in [9.17, 15) is 0 Å². The van der Waals surface area contributed by atoms with Crippen molar-refractivity contribution < 1.29 is 0 Å². The Kier molecular flexibility index (Phi) is 3.95. The minimum Gasteiger partial charge on any atom is -0.357 e. The molecule has 2 N–H and O–H groups in total. The Morgan fingerprint density at radius 2 is 2.35 bits per heavy atom. The van der Waals surface area contributed by atoms with Crippen molar-refractivity contribution in [2.24, 2.45) is 18.0 Å². The molecule has 6 nitrogen and oxygen atoms in total. The number of nitrogens with zero attached hydrogens (tertiary/aromatic N) is 4. The number of rotatable bonds is 5. The van der Waals surface area contributed by atoms with Crippen molar-refractivity contribution in [2.75, 3.05) is 13.1 Å². The molecule has 1 aliphatic rings. The predicted molar refractivity (Wildman–Crippen MR) is 66.5 cm³/mol. The van der Waals surface area contributed by atoms with Crippen molar-refractivity contribution in [2.45, 2.75) is 26.3 Å². The van der Waals surface area contributed by atoms with Gasteiger partial charge in [-0.2, -0.15) is 5.10 Å². The summed E-state index contributed by atoms with van der Waals surface area (Å²) in [5, 5.41) is 10.6. The Hall–Kier alpha value is -1.59. The molecular weight excluding hydrogens is 216 g/mol. The second-order valence-corrected chi connectivity index (χ2v) is 4.32. The van der Waals surface area contributed by atoms with E-state index in [4.69, 9.17) is 0 Å². The third-order valence-electron chi connectivity index (χ3n) is 2.78.